The standard InChI is InChI=1S/C44H34BN5O/c1-43(2)34-15-11-14-32-29-21-19-27(24-33(29)42-47-26-39(44(43,3)4)48(42)41(32)34)51-28-20-22-37-38(25-28)50(40-18-9-10-23-46-40)45-35-16-7-5-12-30(35)31-13-6-8-17-36(31)49(37)45/h5-26H,1-4H3. The third kappa shape index (κ3) is 3.63. The number of ether oxygens (including phenoxy) is 1. The molecule has 0 N–H and O–H groups in total. The number of hydrogen-bond acceptors (Lipinski definition) is 5. The second-order valence-corrected chi connectivity index (χ2v) is 15.1. The van der Waals surface area contributed by atoms with Crippen molar-refractivity contribution in [1.29, 1.82) is 0 Å². The van der Waals surface area contributed by atoms with Crippen molar-refractivity contribution in [2.75, 3.05) is 9.62 Å². The van der Waals surface area contributed by atoms with Gasteiger partial charge in [0.25, 0.3) is 0 Å². The highest BCUT2D eigenvalue weighted by atomic mass is 16.5. The molecule has 0 saturated carbocycles. The molecule has 51 heavy (non-hydrogen) atoms. The van der Waals surface area contributed by atoms with Crippen LogP contribution in [-0.4, -0.2) is 21.4 Å². The van der Waals surface area contributed by atoms with Crippen molar-refractivity contribution in [3.05, 3.63) is 145 Å². The first-order valence-corrected chi connectivity index (χ1v) is 17.7. The summed E-state index contributed by atoms with van der Waals surface area (Å²) in [5, 5.41) is 3.51. The van der Waals surface area contributed by atoms with Crippen LogP contribution in [-0.2, 0) is 10.8 Å². The van der Waals surface area contributed by atoms with Crippen LogP contribution in [0.5, 0.6) is 11.5 Å². The highest BCUT2D eigenvalue weighted by Gasteiger charge is 2.49. The highest BCUT2D eigenvalue weighted by molar-refractivity contribution is 6.86. The van der Waals surface area contributed by atoms with Gasteiger partial charge in [-0.05, 0) is 70.5 Å². The van der Waals surface area contributed by atoms with E-state index in [4.69, 9.17) is 14.7 Å². The lowest BCUT2D eigenvalue weighted by atomic mass is 9.59. The number of fused-ring (bicyclic) bond motifs is 11. The summed E-state index contributed by atoms with van der Waals surface area (Å²) >= 11 is 0. The Labute approximate surface area is 296 Å². The Kier molecular flexibility index (Phi) is 5.52. The highest BCUT2D eigenvalue weighted by Crippen LogP contribution is 2.53. The van der Waals surface area contributed by atoms with Gasteiger partial charge in [0.05, 0.1) is 16.9 Å². The summed E-state index contributed by atoms with van der Waals surface area (Å²) in [6.45, 7) is 9.31. The summed E-state index contributed by atoms with van der Waals surface area (Å²) < 4.78 is 9.16. The molecule has 5 aromatic carbocycles. The van der Waals surface area contributed by atoms with Gasteiger partial charge in [-0.25, -0.2) is 9.97 Å². The van der Waals surface area contributed by atoms with Crippen molar-refractivity contribution in [2.24, 2.45) is 0 Å². The number of benzene rings is 5. The van der Waals surface area contributed by atoms with E-state index in [2.05, 4.69) is 163 Å². The van der Waals surface area contributed by atoms with Gasteiger partial charge in [-0.3, -0.25) is 4.40 Å². The number of imidazole rings is 1. The van der Waals surface area contributed by atoms with E-state index in [0.29, 0.717) is 0 Å². The Morgan fingerprint density at radius 2 is 1.37 bits per heavy atom. The molecule has 6 heterocycles. The number of nitrogens with zero attached hydrogens (tertiary/aromatic N) is 5. The minimum atomic E-state index is -0.104. The van der Waals surface area contributed by atoms with Crippen LogP contribution in [0.25, 0.3) is 38.4 Å². The van der Waals surface area contributed by atoms with Gasteiger partial charge in [-0.15, -0.1) is 0 Å². The lowest BCUT2D eigenvalue weighted by molar-refractivity contribution is 0.288. The third-order valence-electron chi connectivity index (χ3n) is 12.2. The monoisotopic (exact) mass is 659 g/mol. The normalized spacial score (nSPS) is 16.0. The van der Waals surface area contributed by atoms with Crippen LogP contribution in [0.1, 0.15) is 39.0 Å². The van der Waals surface area contributed by atoms with Gasteiger partial charge in [0.2, 0.25) is 0 Å². The number of aromatic nitrogens is 3. The van der Waals surface area contributed by atoms with E-state index in [9.17, 15) is 0 Å². The van der Waals surface area contributed by atoms with Crippen molar-refractivity contribution in [3.8, 4) is 22.6 Å². The van der Waals surface area contributed by atoms with Crippen LogP contribution >= 0.6 is 0 Å². The number of hydrogen-bond donors (Lipinski definition) is 0. The molecule has 3 aromatic heterocycles. The summed E-state index contributed by atoms with van der Waals surface area (Å²) in [7, 11) is 0. The maximum atomic E-state index is 6.77. The minimum Gasteiger partial charge on any atom is -0.457 e. The fourth-order valence-electron chi connectivity index (χ4n) is 9.02. The summed E-state index contributed by atoms with van der Waals surface area (Å²) in [6, 6.07) is 43.2. The molecule has 11 rings (SSSR count). The molecule has 3 aliphatic heterocycles. The fourth-order valence-corrected chi connectivity index (χ4v) is 9.02. The van der Waals surface area contributed by atoms with Crippen LogP contribution in [0.15, 0.2) is 134 Å². The van der Waals surface area contributed by atoms with Gasteiger partial charge in [-0.1, -0.05) is 94.4 Å². The molecule has 3 aliphatic rings. The van der Waals surface area contributed by atoms with Gasteiger partial charge >= 0.3 is 6.98 Å². The lowest BCUT2D eigenvalue weighted by Crippen LogP contribution is -2.55. The predicted molar refractivity (Wildman–Crippen MR) is 209 cm³/mol. The van der Waals surface area contributed by atoms with Crippen molar-refractivity contribution in [3.63, 3.8) is 0 Å². The second-order valence-electron chi connectivity index (χ2n) is 15.1. The summed E-state index contributed by atoms with van der Waals surface area (Å²) in [6.07, 6.45) is 3.95. The van der Waals surface area contributed by atoms with E-state index in [1.54, 1.807) is 0 Å². The Morgan fingerprint density at radius 1 is 0.588 bits per heavy atom. The molecule has 0 radical (unpaired) electrons. The number of rotatable bonds is 3. The minimum absolute atomic E-state index is 0.0544. The molecule has 0 saturated heterocycles. The van der Waals surface area contributed by atoms with Gasteiger partial charge < -0.3 is 14.4 Å². The molecular weight excluding hydrogens is 625 g/mol. The van der Waals surface area contributed by atoms with Gasteiger partial charge in [0, 0.05) is 57.0 Å². The van der Waals surface area contributed by atoms with Crippen LogP contribution in [0.2, 0.25) is 0 Å². The molecule has 0 amide bonds. The summed E-state index contributed by atoms with van der Waals surface area (Å²) in [4.78, 5) is 14.7. The van der Waals surface area contributed by atoms with E-state index in [1.807, 2.05) is 12.3 Å². The first-order chi connectivity index (χ1) is 24.8. The smallest absolute Gasteiger partial charge is 0.422 e. The maximum Gasteiger partial charge on any atom is 0.422 e. The van der Waals surface area contributed by atoms with Crippen LogP contribution in [0.4, 0.5) is 22.9 Å². The Bertz CT molecular complexity index is 2770. The molecule has 0 spiro atoms. The number of anilines is 4. The predicted octanol–water partition coefficient (Wildman–Crippen LogP) is 10.1. The Balaban J connectivity index is 1.07. The van der Waals surface area contributed by atoms with E-state index in [0.717, 1.165) is 39.7 Å². The van der Waals surface area contributed by atoms with Gasteiger partial charge in [-0.2, -0.15) is 0 Å². The zero-order valence-corrected chi connectivity index (χ0v) is 28.9. The molecule has 6 nitrogen and oxygen atoms in total. The van der Waals surface area contributed by atoms with Crippen molar-refractivity contribution < 1.29 is 4.74 Å². The molecular formula is C44H34BN5O. The van der Waals surface area contributed by atoms with Crippen LogP contribution in [0.3, 0.4) is 0 Å². The first-order valence-electron chi connectivity index (χ1n) is 17.7. The van der Waals surface area contributed by atoms with Crippen LogP contribution < -0.4 is 19.8 Å². The number of para-hydroxylation sites is 2. The number of pyridine rings is 2. The van der Waals surface area contributed by atoms with Crippen LogP contribution in [0, 0.1) is 0 Å². The topological polar surface area (TPSA) is 45.9 Å². The molecule has 0 fully saturated rings. The van der Waals surface area contributed by atoms with Crippen molar-refractivity contribution in [1.82, 2.24) is 14.4 Å². The van der Waals surface area contributed by atoms with E-state index in [1.165, 1.54) is 49.8 Å². The zero-order valence-electron chi connectivity index (χ0n) is 28.9. The van der Waals surface area contributed by atoms with Gasteiger partial charge in [0.1, 0.15) is 23.0 Å². The van der Waals surface area contributed by atoms with E-state index in [-0.39, 0.29) is 17.8 Å². The second kappa shape index (κ2) is 9.79. The van der Waals surface area contributed by atoms with Gasteiger partial charge in [0.15, 0.2) is 0 Å². The molecule has 7 heteroatoms. The summed E-state index contributed by atoms with van der Waals surface area (Å²) in [5.41, 5.74) is 11.8. The van der Waals surface area contributed by atoms with Crippen molar-refractivity contribution in [2.45, 2.75) is 38.5 Å². The fraction of sp³-hybridized carbons (Fsp3) is 0.136. The van der Waals surface area contributed by atoms with E-state index < -0.39 is 0 Å². The van der Waals surface area contributed by atoms with E-state index >= 15 is 0 Å². The third-order valence-corrected chi connectivity index (χ3v) is 12.2. The lowest BCUT2D eigenvalue weighted by Gasteiger charge is -2.45. The largest absolute Gasteiger partial charge is 0.457 e. The summed E-state index contributed by atoms with van der Waals surface area (Å²) in [5.74, 6) is 2.43. The first kappa shape index (κ1) is 28.7. The maximum absolute atomic E-state index is 6.77. The molecule has 8 aromatic rings. The average Bonchev–Trinajstić information content (AvgIpc) is 3.76. The average molecular weight is 660 g/mol. The molecule has 0 aliphatic carbocycles. The molecule has 0 bridgehead atoms. The Morgan fingerprint density at radius 3 is 2.24 bits per heavy atom. The van der Waals surface area contributed by atoms with Crippen molar-refractivity contribution >= 4 is 62.6 Å². The SMILES string of the molecule is CC1(C)c2cccc3c4ccc(Oc5ccc6c(c5)N(c5ccccn5)B5c7ccccc7-c7ccccc7N56)cc4c4ncc(n4c23)C1(C)C. The Hall–Kier alpha value is -6.08. The zero-order chi connectivity index (χ0) is 34.2. The molecule has 244 valence electrons. The molecule has 0 unspecified atom stereocenters. The molecule has 0 atom stereocenters. The quantitative estimate of drug-likeness (QED) is 0.140.